The van der Waals surface area contributed by atoms with Crippen LogP contribution in [0.2, 0.25) is 0 Å². The van der Waals surface area contributed by atoms with Gasteiger partial charge in [-0.1, -0.05) is 24.4 Å². The van der Waals surface area contributed by atoms with Crippen LogP contribution in [0.25, 0.3) is 0 Å². The van der Waals surface area contributed by atoms with Crippen molar-refractivity contribution < 1.29 is 4.74 Å². The highest BCUT2D eigenvalue weighted by molar-refractivity contribution is 8.11. The molecule has 0 amide bonds. The van der Waals surface area contributed by atoms with Gasteiger partial charge in [0, 0.05) is 11.8 Å². The van der Waals surface area contributed by atoms with Crippen molar-refractivity contribution >= 4 is 69.7 Å². The predicted octanol–water partition coefficient (Wildman–Crippen LogP) is 2.95. The number of ether oxygens (including phenoxy) is 1. The molecular formula is C9H10N2OS4. The highest BCUT2D eigenvalue weighted by atomic mass is 32.1. The number of benzene rings is 1. The minimum absolute atomic E-state index is 0.378. The molecule has 0 aliphatic heterocycles. The number of rotatable bonds is 3. The SMILES string of the molecule is COc1cc(NC(=S)S)ccc1NC(=S)S. The Morgan fingerprint density at radius 1 is 1.19 bits per heavy atom. The molecule has 1 rings (SSSR count). The molecule has 0 spiro atoms. The molecule has 2 N–H and O–H groups in total. The highest BCUT2D eigenvalue weighted by Crippen LogP contribution is 2.28. The Labute approximate surface area is 116 Å². The Balaban J connectivity index is 2.96. The van der Waals surface area contributed by atoms with Crippen molar-refractivity contribution in [2.75, 3.05) is 17.7 Å². The zero-order valence-electron chi connectivity index (χ0n) is 8.35. The molecule has 16 heavy (non-hydrogen) atoms. The second-order valence-corrected chi connectivity index (χ2v) is 5.09. The summed E-state index contributed by atoms with van der Waals surface area (Å²) in [4.78, 5) is 0. The number of thiol groups is 2. The topological polar surface area (TPSA) is 33.3 Å². The molecule has 0 saturated carbocycles. The summed E-state index contributed by atoms with van der Waals surface area (Å²) in [5, 5.41) is 5.79. The molecule has 0 saturated heterocycles. The highest BCUT2D eigenvalue weighted by Gasteiger charge is 2.05. The van der Waals surface area contributed by atoms with Crippen LogP contribution < -0.4 is 15.4 Å². The maximum atomic E-state index is 5.20. The molecule has 0 heterocycles. The van der Waals surface area contributed by atoms with Gasteiger partial charge in [-0.2, -0.15) is 0 Å². The number of thiocarbonyl (C=S) groups is 2. The van der Waals surface area contributed by atoms with E-state index in [1.807, 2.05) is 12.1 Å². The first-order chi connectivity index (χ1) is 7.52. The van der Waals surface area contributed by atoms with Gasteiger partial charge in [0.2, 0.25) is 0 Å². The van der Waals surface area contributed by atoms with Gasteiger partial charge in [0.1, 0.15) is 14.4 Å². The Morgan fingerprint density at radius 3 is 2.31 bits per heavy atom. The lowest BCUT2D eigenvalue weighted by molar-refractivity contribution is 0.417. The van der Waals surface area contributed by atoms with Crippen molar-refractivity contribution in [1.29, 1.82) is 0 Å². The molecule has 0 radical (unpaired) electrons. The molecule has 0 aliphatic rings. The Bertz CT molecular complexity index is 422. The molecule has 3 nitrogen and oxygen atoms in total. The Morgan fingerprint density at radius 2 is 1.81 bits per heavy atom. The lowest BCUT2D eigenvalue weighted by Gasteiger charge is -2.11. The standard InChI is InChI=1S/C9H10N2OS4/c1-12-7-4-5(10-8(13)14)2-3-6(7)11-9(15)16/h2-4H,1H3,(H2,10,13,14)(H2,11,15,16). The molecule has 0 bridgehead atoms. The van der Waals surface area contributed by atoms with Crippen molar-refractivity contribution in [2.24, 2.45) is 0 Å². The van der Waals surface area contributed by atoms with Crippen LogP contribution in [0.1, 0.15) is 0 Å². The normalized spacial score (nSPS) is 9.44. The van der Waals surface area contributed by atoms with Gasteiger partial charge in [0.15, 0.2) is 0 Å². The Hall–Kier alpha value is -0.500. The van der Waals surface area contributed by atoms with E-state index in [1.165, 1.54) is 0 Å². The van der Waals surface area contributed by atoms with E-state index in [9.17, 15) is 0 Å². The fraction of sp³-hybridized carbons (Fsp3) is 0.111. The van der Waals surface area contributed by atoms with Crippen molar-refractivity contribution in [3.05, 3.63) is 18.2 Å². The largest absolute Gasteiger partial charge is 0.494 e. The second kappa shape index (κ2) is 6.29. The molecule has 0 fully saturated rings. The lowest BCUT2D eigenvalue weighted by atomic mass is 10.2. The summed E-state index contributed by atoms with van der Waals surface area (Å²) in [5.74, 6) is 0.644. The van der Waals surface area contributed by atoms with Crippen LogP contribution in [0.15, 0.2) is 18.2 Å². The van der Waals surface area contributed by atoms with Gasteiger partial charge in [0.25, 0.3) is 0 Å². The summed E-state index contributed by atoms with van der Waals surface area (Å²) in [5.41, 5.74) is 1.55. The minimum atomic E-state index is 0.378. The van der Waals surface area contributed by atoms with Gasteiger partial charge in [-0.25, -0.2) is 0 Å². The van der Waals surface area contributed by atoms with Crippen LogP contribution in [0.3, 0.4) is 0 Å². The van der Waals surface area contributed by atoms with Crippen molar-refractivity contribution in [2.45, 2.75) is 0 Å². The van der Waals surface area contributed by atoms with E-state index in [0.717, 1.165) is 11.4 Å². The van der Waals surface area contributed by atoms with Gasteiger partial charge in [0.05, 0.1) is 12.8 Å². The van der Waals surface area contributed by atoms with Crippen LogP contribution in [0, 0.1) is 0 Å². The molecule has 1 aromatic carbocycles. The van der Waals surface area contributed by atoms with Crippen molar-refractivity contribution in [3.8, 4) is 5.75 Å². The fourth-order valence-electron chi connectivity index (χ4n) is 1.11. The zero-order chi connectivity index (χ0) is 12.1. The van der Waals surface area contributed by atoms with Gasteiger partial charge in [-0.15, -0.1) is 25.3 Å². The number of anilines is 2. The first kappa shape index (κ1) is 13.6. The second-order valence-electron chi connectivity index (χ2n) is 2.78. The summed E-state index contributed by atoms with van der Waals surface area (Å²) in [7, 11) is 1.57. The first-order valence-corrected chi connectivity index (χ1v) is 5.92. The average Bonchev–Trinajstić information content (AvgIpc) is 2.18. The molecule has 86 valence electrons. The zero-order valence-corrected chi connectivity index (χ0v) is 11.8. The molecule has 7 heteroatoms. The molecule has 1 aromatic rings. The number of methoxy groups -OCH3 is 1. The van der Waals surface area contributed by atoms with Gasteiger partial charge in [-0.3, -0.25) is 0 Å². The lowest BCUT2D eigenvalue weighted by Crippen LogP contribution is -2.05. The summed E-state index contributed by atoms with van der Waals surface area (Å²) >= 11 is 17.6. The summed E-state index contributed by atoms with van der Waals surface area (Å²) in [6, 6.07) is 5.44. The molecule has 0 unspecified atom stereocenters. The van der Waals surface area contributed by atoms with Gasteiger partial charge >= 0.3 is 0 Å². The maximum Gasteiger partial charge on any atom is 0.144 e. The van der Waals surface area contributed by atoms with Gasteiger partial charge in [-0.05, 0) is 12.1 Å². The van der Waals surface area contributed by atoms with Crippen molar-refractivity contribution in [3.63, 3.8) is 0 Å². The van der Waals surface area contributed by atoms with E-state index in [-0.39, 0.29) is 0 Å². The van der Waals surface area contributed by atoms with E-state index >= 15 is 0 Å². The Kier molecular flexibility index (Phi) is 5.33. The molecule has 0 atom stereocenters. The van der Waals surface area contributed by atoms with Crippen LogP contribution >= 0.6 is 49.7 Å². The predicted molar refractivity (Wildman–Crippen MR) is 83.4 cm³/mol. The van der Waals surface area contributed by atoms with Gasteiger partial charge < -0.3 is 15.4 Å². The maximum absolute atomic E-state index is 5.20. The number of hydrogen-bond acceptors (Lipinski definition) is 3. The first-order valence-electron chi connectivity index (χ1n) is 4.21. The minimum Gasteiger partial charge on any atom is -0.494 e. The molecule has 0 aromatic heterocycles. The van der Waals surface area contributed by atoms with Crippen molar-refractivity contribution in [1.82, 2.24) is 0 Å². The van der Waals surface area contributed by atoms with E-state index in [2.05, 4.69) is 35.9 Å². The van der Waals surface area contributed by atoms with Crippen LogP contribution in [0.4, 0.5) is 11.4 Å². The summed E-state index contributed by atoms with van der Waals surface area (Å²) in [6.07, 6.45) is 0. The third-order valence-corrected chi connectivity index (χ3v) is 2.12. The summed E-state index contributed by atoms with van der Waals surface area (Å²) < 4.78 is 5.98. The molecule has 0 aliphatic carbocycles. The quantitative estimate of drug-likeness (QED) is 0.508. The van der Waals surface area contributed by atoms with E-state index in [4.69, 9.17) is 29.2 Å². The van der Waals surface area contributed by atoms with E-state index in [0.29, 0.717) is 14.4 Å². The van der Waals surface area contributed by atoms with Crippen LogP contribution in [0.5, 0.6) is 5.75 Å². The fourth-order valence-corrected chi connectivity index (χ4v) is 1.59. The number of hydrogen-bond donors (Lipinski definition) is 4. The van der Waals surface area contributed by atoms with Crippen LogP contribution in [-0.4, -0.2) is 15.8 Å². The average molecular weight is 290 g/mol. The smallest absolute Gasteiger partial charge is 0.144 e. The molecular weight excluding hydrogens is 280 g/mol. The van der Waals surface area contributed by atoms with Crippen LogP contribution in [-0.2, 0) is 0 Å². The third-order valence-electron chi connectivity index (χ3n) is 1.69. The summed E-state index contributed by atoms with van der Waals surface area (Å²) in [6.45, 7) is 0. The number of nitrogens with one attached hydrogen (secondary N) is 2. The third kappa shape index (κ3) is 4.17. The van der Waals surface area contributed by atoms with E-state index < -0.39 is 0 Å². The monoisotopic (exact) mass is 290 g/mol. The van der Waals surface area contributed by atoms with E-state index in [1.54, 1.807) is 13.2 Å².